The van der Waals surface area contributed by atoms with Crippen molar-refractivity contribution in [2.75, 3.05) is 18.2 Å². The van der Waals surface area contributed by atoms with Gasteiger partial charge in [-0.1, -0.05) is 64.1 Å². The summed E-state index contributed by atoms with van der Waals surface area (Å²) in [6.07, 6.45) is 3.26. The number of rotatable bonds is 11. The maximum atomic E-state index is 12.6. The normalized spacial score (nSPS) is 11.4. The largest absolute Gasteiger partial charge is 0.465 e. The Labute approximate surface area is 205 Å². The Kier molecular flexibility index (Phi) is 9.16. The number of carbonyl (C=O) groups excluding carboxylic acids is 2. The Morgan fingerprint density at radius 3 is 2.38 bits per heavy atom. The number of hydrogen-bond donors (Lipinski definition) is 1. The Balaban J connectivity index is 1.44. The van der Waals surface area contributed by atoms with Gasteiger partial charge in [0.1, 0.15) is 5.52 Å². The van der Waals surface area contributed by atoms with E-state index in [0.717, 1.165) is 30.7 Å². The first-order valence-electron chi connectivity index (χ1n) is 11.8. The van der Waals surface area contributed by atoms with Crippen molar-refractivity contribution in [1.82, 2.24) is 4.98 Å². The molecule has 1 heterocycles. The van der Waals surface area contributed by atoms with Gasteiger partial charge in [0.25, 0.3) is 5.22 Å². The molecule has 0 saturated heterocycles. The molecule has 0 bridgehead atoms. The van der Waals surface area contributed by atoms with E-state index < -0.39 is 5.97 Å². The summed E-state index contributed by atoms with van der Waals surface area (Å²) in [6.45, 7) is 8.62. The maximum absolute atomic E-state index is 12.6. The van der Waals surface area contributed by atoms with Crippen molar-refractivity contribution in [3.05, 3.63) is 53.1 Å². The van der Waals surface area contributed by atoms with E-state index in [1.807, 2.05) is 0 Å². The van der Waals surface area contributed by atoms with Gasteiger partial charge in [-0.2, -0.15) is 0 Å². The van der Waals surface area contributed by atoms with Crippen LogP contribution in [0.4, 0.5) is 5.69 Å². The lowest BCUT2D eigenvalue weighted by atomic mass is 9.92. The highest BCUT2D eigenvalue weighted by atomic mass is 32.2. The lowest BCUT2D eigenvalue weighted by Gasteiger charge is -2.20. The highest BCUT2D eigenvalue weighted by Gasteiger charge is 2.16. The van der Waals surface area contributed by atoms with Gasteiger partial charge in [0, 0.05) is 17.9 Å². The summed E-state index contributed by atoms with van der Waals surface area (Å²) in [7, 11) is 1.35. The van der Waals surface area contributed by atoms with E-state index in [9.17, 15) is 9.59 Å². The molecule has 0 atom stereocenters. The fraction of sp³-hybridized carbons (Fsp3) is 0.444. The molecule has 6 nitrogen and oxygen atoms in total. The van der Waals surface area contributed by atoms with Crippen molar-refractivity contribution >= 4 is 40.4 Å². The van der Waals surface area contributed by atoms with E-state index in [2.05, 4.69) is 56.2 Å². The number of nitrogens with one attached hydrogen (secondary N) is 1. The minimum absolute atomic E-state index is 0.0722. The minimum Gasteiger partial charge on any atom is -0.465 e. The number of fused-ring (bicyclic) bond motifs is 1. The summed E-state index contributed by atoms with van der Waals surface area (Å²) in [5, 5.41) is 3.77. The Bertz CT molecular complexity index is 1110. The quantitative estimate of drug-likeness (QED) is 0.177. The Hall–Kier alpha value is -2.80. The summed E-state index contributed by atoms with van der Waals surface area (Å²) in [4.78, 5) is 28.8. The third kappa shape index (κ3) is 6.63. The number of hydrogen-bond acceptors (Lipinski definition) is 6. The van der Waals surface area contributed by atoms with E-state index in [4.69, 9.17) is 9.15 Å². The zero-order valence-corrected chi connectivity index (χ0v) is 21.5. The van der Waals surface area contributed by atoms with Crippen LogP contribution in [0.1, 0.15) is 86.7 Å². The molecule has 0 spiro atoms. The van der Waals surface area contributed by atoms with Crippen LogP contribution in [0, 0.1) is 0 Å². The van der Waals surface area contributed by atoms with Crippen LogP contribution >= 0.6 is 11.8 Å². The molecule has 3 rings (SSSR count). The number of nitrogens with zero attached hydrogens (tertiary/aromatic N) is 1. The van der Waals surface area contributed by atoms with E-state index in [0.29, 0.717) is 40.1 Å². The van der Waals surface area contributed by atoms with Gasteiger partial charge in [-0.15, -0.1) is 0 Å². The summed E-state index contributed by atoms with van der Waals surface area (Å²) >= 11 is 1.54. The molecule has 7 heteroatoms. The van der Waals surface area contributed by atoms with Crippen LogP contribution in [0.25, 0.3) is 11.1 Å². The molecule has 0 radical (unpaired) electrons. The predicted octanol–water partition coefficient (Wildman–Crippen LogP) is 7.15. The maximum Gasteiger partial charge on any atom is 0.337 e. The summed E-state index contributed by atoms with van der Waals surface area (Å²) in [6, 6.07) is 11.4. The summed E-state index contributed by atoms with van der Waals surface area (Å²) in [5.74, 6) is 1.24. The average Bonchev–Trinajstić information content (AvgIpc) is 3.22. The molecular formula is C27H34N2O4S. The van der Waals surface area contributed by atoms with Gasteiger partial charge < -0.3 is 14.5 Å². The van der Waals surface area contributed by atoms with Crippen LogP contribution < -0.4 is 5.32 Å². The van der Waals surface area contributed by atoms with E-state index in [1.54, 1.807) is 30.0 Å². The van der Waals surface area contributed by atoms with Crippen LogP contribution in [0.3, 0.4) is 0 Å². The average molecular weight is 483 g/mol. The number of anilines is 1. The van der Waals surface area contributed by atoms with Gasteiger partial charge in [-0.05, 0) is 54.0 Å². The van der Waals surface area contributed by atoms with Crippen LogP contribution in [-0.2, 0) is 9.53 Å². The van der Waals surface area contributed by atoms with Crippen LogP contribution in [0.5, 0.6) is 0 Å². The van der Waals surface area contributed by atoms with Crippen molar-refractivity contribution < 1.29 is 18.7 Å². The van der Waals surface area contributed by atoms with Gasteiger partial charge in [0.15, 0.2) is 5.58 Å². The molecule has 3 aromatic rings. The lowest BCUT2D eigenvalue weighted by molar-refractivity contribution is -0.116. The third-order valence-corrected chi connectivity index (χ3v) is 6.61. The van der Waals surface area contributed by atoms with Gasteiger partial charge >= 0.3 is 5.97 Å². The van der Waals surface area contributed by atoms with Crippen molar-refractivity contribution in [3.63, 3.8) is 0 Å². The second-order valence-corrected chi connectivity index (χ2v) is 10.0. The summed E-state index contributed by atoms with van der Waals surface area (Å²) < 4.78 is 10.5. The number of amides is 1. The number of oxazole rings is 1. The number of aromatic nitrogens is 1. The molecular weight excluding hydrogens is 448 g/mol. The second-order valence-electron chi connectivity index (χ2n) is 8.98. The number of para-hydroxylation sites is 1. The Morgan fingerprint density at radius 2 is 1.74 bits per heavy atom. The zero-order valence-electron chi connectivity index (χ0n) is 20.6. The number of benzene rings is 2. The molecule has 0 aliphatic heterocycles. The highest BCUT2D eigenvalue weighted by molar-refractivity contribution is 7.99. The van der Waals surface area contributed by atoms with Gasteiger partial charge in [-0.3, -0.25) is 4.79 Å². The molecule has 2 aromatic carbocycles. The molecule has 0 aliphatic rings. The number of methoxy groups -OCH3 is 1. The van der Waals surface area contributed by atoms with E-state index >= 15 is 0 Å². The van der Waals surface area contributed by atoms with Gasteiger partial charge in [-0.25, -0.2) is 9.78 Å². The molecule has 0 aliphatic carbocycles. The minimum atomic E-state index is -0.392. The standard InChI is InChI=1S/C27H34N2O4S/c1-17(2)20-10-9-11-21(18(3)4)25(20)29-24(30)12-7-6-8-15-34-27-28-22-16-19(26(31)32-5)13-14-23(22)33-27/h9-11,13-14,16-18H,6-8,12,15H2,1-5H3,(H,29,30). The van der Waals surface area contributed by atoms with E-state index in [-0.39, 0.29) is 5.91 Å². The predicted molar refractivity (Wildman–Crippen MR) is 138 cm³/mol. The lowest BCUT2D eigenvalue weighted by Crippen LogP contribution is -2.15. The summed E-state index contributed by atoms with van der Waals surface area (Å²) in [5.41, 5.74) is 5.11. The number of ether oxygens (including phenoxy) is 1. The molecule has 1 aromatic heterocycles. The first-order valence-corrected chi connectivity index (χ1v) is 12.8. The zero-order chi connectivity index (χ0) is 24.7. The van der Waals surface area contributed by atoms with Crippen molar-refractivity contribution in [3.8, 4) is 0 Å². The molecule has 1 N–H and O–H groups in total. The molecule has 0 unspecified atom stereocenters. The fourth-order valence-corrected chi connectivity index (χ4v) is 4.67. The number of thioether (sulfide) groups is 1. The highest BCUT2D eigenvalue weighted by Crippen LogP contribution is 2.32. The van der Waals surface area contributed by atoms with Crippen molar-refractivity contribution in [1.29, 1.82) is 0 Å². The topological polar surface area (TPSA) is 81.4 Å². The molecule has 0 saturated carbocycles. The third-order valence-electron chi connectivity index (χ3n) is 5.70. The Morgan fingerprint density at radius 1 is 1.03 bits per heavy atom. The number of esters is 1. The molecule has 182 valence electrons. The first-order chi connectivity index (χ1) is 16.3. The van der Waals surface area contributed by atoms with Crippen molar-refractivity contribution in [2.45, 2.75) is 70.4 Å². The monoisotopic (exact) mass is 482 g/mol. The SMILES string of the molecule is COC(=O)c1ccc2oc(SCCCCCC(=O)Nc3c(C(C)C)cccc3C(C)C)nc2c1. The van der Waals surface area contributed by atoms with Crippen molar-refractivity contribution in [2.24, 2.45) is 0 Å². The van der Waals surface area contributed by atoms with Crippen LogP contribution in [0.15, 0.2) is 46.0 Å². The van der Waals surface area contributed by atoms with Crippen LogP contribution in [0.2, 0.25) is 0 Å². The first kappa shape index (κ1) is 25.8. The van der Waals surface area contributed by atoms with Gasteiger partial charge in [0.05, 0.1) is 12.7 Å². The van der Waals surface area contributed by atoms with Crippen LogP contribution in [-0.4, -0.2) is 29.7 Å². The van der Waals surface area contributed by atoms with Gasteiger partial charge in [0.2, 0.25) is 5.91 Å². The van der Waals surface area contributed by atoms with E-state index in [1.165, 1.54) is 18.2 Å². The number of carbonyl (C=O) groups is 2. The molecule has 1 amide bonds. The smallest absolute Gasteiger partial charge is 0.337 e. The second kappa shape index (κ2) is 12.1. The number of unbranched alkanes of at least 4 members (excludes halogenated alkanes) is 2. The molecule has 0 fully saturated rings. The fourth-order valence-electron chi connectivity index (χ4n) is 3.83. The molecule has 34 heavy (non-hydrogen) atoms.